The second kappa shape index (κ2) is 4.60. The molecule has 1 saturated carbocycles. The molecule has 0 bridgehead atoms. The molecule has 0 saturated heterocycles. The van der Waals surface area contributed by atoms with Crippen molar-refractivity contribution in [3.8, 4) is 0 Å². The molecule has 14 heavy (non-hydrogen) atoms. The van der Waals surface area contributed by atoms with E-state index in [0.717, 1.165) is 12.6 Å². The maximum Gasteiger partial charge on any atom is 0.0518 e. The molecule has 0 amide bonds. The predicted molar refractivity (Wildman–Crippen MR) is 57.2 cm³/mol. The molecule has 2 rings (SSSR count). The molecule has 3 heteroatoms. The van der Waals surface area contributed by atoms with E-state index in [1.807, 2.05) is 10.9 Å². The molecule has 0 aromatic carbocycles. The molecule has 1 fully saturated rings. The zero-order valence-electron chi connectivity index (χ0n) is 8.87. The molecular formula is C11H19N3. The van der Waals surface area contributed by atoms with Gasteiger partial charge in [-0.1, -0.05) is 0 Å². The van der Waals surface area contributed by atoms with Crippen LogP contribution in [-0.2, 0) is 6.54 Å². The molecule has 0 atom stereocenters. The third-order valence-corrected chi connectivity index (χ3v) is 2.59. The first-order valence-corrected chi connectivity index (χ1v) is 5.57. The summed E-state index contributed by atoms with van der Waals surface area (Å²) in [7, 11) is 0. The molecule has 0 spiro atoms. The summed E-state index contributed by atoms with van der Waals surface area (Å²) in [5, 5.41) is 7.78. The van der Waals surface area contributed by atoms with Gasteiger partial charge in [0.25, 0.3) is 0 Å². The van der Waals surface area contributed by atoms with Gasteiger partial charge >= 0.3 is 0 Å². The predicted octanol–water partition coefficient (Wildman–Crippen LogP) is 1.72. The Morgan fingerprint density at radius 3 is 3.00 bits per heavy atom. The van der Waals surface area contributed by atoms with E-state index in [-0.39, 0.29) is 0 Å². The van der Waals surface area contributed by atoms with E-state index in [1.165, 1.54) is 37.8 Å². The van der Waals surface area contributed by atoms with Gasteiger partial charge in [0.05, 0.1) is 6.20 Å². The Labute approximate surface area is 85.5 Å². The molecule has 78 valence electrons. The molecular weight excluding hydrogens is 174 g/mol. The lowest BCUT2D eigenvalue weighted by Crippen LogP contribution is -2.17. The van der Waals surface area contributed by atoms with Crippen LogP contribution in [0.1, 0.15) is 31.2 Å². The van der Waals surface area contributed by atoms with Crippen molar-refractivity contribution in [3.05, 3.63) is 18.0 Å². The lowest BCUT2D eigenvalue weighted by Gasteiger charge is -2.02. The molecule has 1 aliphatic carbocycles. The van der Waals surface area contributed by atoms with Crippen molar-refractivity contribution in [1.82, 2.24) is 15.1 Å². The maximum absolute atomic E-state index is 4.26. The minimum absolute atomic E-state index is 0.849. The topological polar surface area (TPSA) is 29.9 Å². The number of aryl methyl sites for hydroxylation is 2. The van der Waals surface area contributed by atoms with Gasteiger partial charge < -0.3 is 5.32 Å². The third-order valence-electron chi connectivity index (χ3n) is 2.59. The summed E-state index contributed by atoms with van der Waals surface area (Å²) < 4.78 is 2.03. The monoisotopic (exact) mass is 193 g/mol. The van der Waals surface area contributed by atoms with E-state index in [4.69, 9.17) is 0 Å². The van der Waals surface area contributed by atoms with E-state index in [1.54, 1.807) is 0 Å². The van der Waals surface area contributed by atoms with Crippen LogP contribution in [0.5, 0.6) is 0 Å². The Morgan fingerprint density at radius 2 is 2.36 bits per heavy atom. The standard InChI is InChI=1S/C11H19N3/c1-10-8-13-14(9-10)7-3-2-6-12-11-4-5-11/h8-9,11-12H,2-7H2,1H3. The Bertz CT molecular complexity index is 276. The molecule has 1 N–H and O–H groups in total. The summed E-state index contributed by atoms with van der Waals surface area (Å²) in [5.41, 5.74) is 1.25. The zero-order chi connectivity index (χ0) is 9.80. The Morgan fingerprint density at radius 1 is 1.50 bits per heavy atom. The lowest BCUT2D eigenvalue weighted by molar-refractivity contribution is 0.534. The smallest absolute Gasteiger partial charge is 0.0518 e. The van der Waals surface area contributed by atoms with Crippen molar-refractivity contribution in [3.63, 3.8) is 0 Å². The fraction of sp³-hybridized carbons (Fsp3) is 0.727. The van der Waals surface area contributed by atoms with Gasteiger partial charge in [0.2, 0.25) is 0 Å². The van der Waals surface area contributed by atoms with E-state index in [0.29, 0.717) is 0 Å². The largest absolute Gasteiger partial charge is 0.314 e. The number of aromatic nitrogens is 2. The van der Waals surface area contributed by atoms with Crippen molar-refractivity contribution in [1.29, 1.82) is 0 Å². The summed E-state index contributed by atoms with van der Waals surface area (Å²) in [5.74, 6) is 0. The van der Waals surface area contributed by atoms with Crippen LogP contribution in [0.15, 0.2) is 12.4 Å². The van der Waals surface area contributed by atoms with Crippen molar-refractivity contribution in [2.75, 3.05) is 6.54 Å². The highest BCUT2D eigenvalue weighted by Crippen LogP contribution is 2.18. The molecule has 3 nitrogen and oxygen atoms in total. The van der Waals surface area contributed by atoms with Crippen molar-refractivity contribution in [2.45, 2.75) is 45.2 Å². The van der Waals surface area contributed by atoms with E-state index in [2.05, 4.69) is 23.5 Å². The molecule has 0 radical (unpaired) electrons. The molecule has 1 heterocycles. The lowest BCUT2D eigenvalue weighted by atomic mass is 10.3. The van der Waals surface area contributed by atoms with Gasteiger partial charge in [0.15, 0.2) is 0 Å². The van der Waals surface area contributed by atoms with Gasteiger partial charge in [-0.15, -0.1) is 0 Å². The van der Waals surface area contributed by atoms with Crippen molar-refractivity contribution >= 4 is 0 Å². The molecule has 1 aromatic rings. The van der Waals surface area contributed by atoms with Crippen LogP contribution >= 0.6 is 0 Å². The number of hydrogen-bond donors (Lipinski definition) is 1. The van der Waals surface area contributed by atoms with E-state index in [9.17, 15) is 0 Å². The van der Waals surface area contributed by atoms with Crippen LogP contribution in [0.3, 0.4) is 0 Å². The van der Waals surface area contributed by atoms with Crippen LogP contribution < -0.4 is 5.32 Å². The Kier molecular flexibility index (Phi) is 3.19. The van der Waals surface area contributed by atoms with Crippen molar-refractivity contribution in [2.24, 2.45) is 0 Å². The van der Waals surface area contributed by atoms with Gasteiger partial charge in [-0.2, -0.15) is 5.10 Å². The summed E-state index contributed by atoms with van der Waals surface area (Å²) in [6.07, 6.45) is 9.28. The number of rotatable bonds is 6. The van der Waals surface area contributed by atoms with Crippen molar-refractivity contribution < 1.29 is 0 Å². The first-order valence-electron chi connectivity index (χ1n) is 5.57. The summed E-state index contributed by atoms with van der Waals surface area (Å²) in [4.78, 5) is 0. The zero-order valence-corrected chi connectivity index (χ0v) is 8.87. The highest BCUT2D eigenvalue weighted by molar-refractivity contribution is 4.99. The summed E-state index contributed by atoms with van der Waals surface area (Å²) in [6, 6.07) is 0.849. The SMILES string of the molecule is Cc1cnn(CCCCNC2CC2)c1. The second-order valence-corrected chi connectivity index (χ2v) is 4.22. The first-order chi connectivity index (χ1) is 6.84. The fourth-order valence-corrected chi connectivity index (χ4v) is 1.58. The molecule has 0 unspecified atom stereocenters. The fourth-order valence-electron chi connectivity index (χ4n) is 1.58. The molecule has 0 aliphatic heterocycles. The number of nitrogens with zero attached hydrogens (tertiary/aromatic N) is 2. The number of nitrogens with one attached hydrogen (secondary N) is 1. The van der Waals surface area contributed by atoms with E-state index >= 15 is 0 Å². The minimum Gasteiger partial charge on any atom is -0.314 e. The quantitative estimate of drug-likeness (QED) is 0.697. The van der Waals surface area contributed by atoms with Gasteiger partial charge in [-0.25, -0.2) is 0 Å². The summed E-state index contributed by atoms with van der Waals surface area (Å²) in [6.45, 7) is 4.31. The normalized spacial score (nSPS) is 16.1. The van der Waals surface area contributed by atoms with Gasteiger partial charge in [0, 0.05) is 18.8 Å². The van der Waals surface area contributed by atoms with Gasteiger partial charge in [-0.3, -0.25) is 4.68 Å². The maximum atomic E-state index is 4.26. The van der Waals surface area contributed by atoms with Gasteiger partial charge in [0.1, 0.15) is 0 Å². The Hall–Kier alpha value is -0.830. The highest BCUT2D eigenvalue weighted by Gasteiger charge is 2.19. The highest BCUT2D eigenvalue weighted by atomic mass is 15.3. The third kappa shape index (κ3) is 3.14. The average Bonchev–Trinajstić information content (AvgIpc) is 2.89. The average molecular weight is 193 g/mol. The number of hydrogen-bond acceptors (Lipinski definition) is 2. The van der Waals surface area contributed by atoms with Crippen LogP contribution in [0.4, 0.5) is 0 Å². The van der Waals surface area contributed by atoms with E-state index < -0.39 is 0 Å². The van der Waals surface area contributed by atoms with Crippen LogP contribution in [0.2, 0.25) is 0 Å². The van der Waals surface area contributed by atoms with Crippen LogP contribution in [0.25, 0.3) is 0 Å². The van der Waals surface area contributed by atoms with Gasteiger partial charge in [-0.05, 0) is 44.7 Å². The summed E-state index contributed by atoms with van der Waals surface area (Å²) >= 11 is 0. The molecule has 1 aliphatic rings. The second-order valence-electron chi connectivity index (χ2n) is 4.22. The number of unbranched alkanes of at least 4 members (excludes halogenated alkanes) is 1. The molecule has 1 aromatic heterocycles. The first kappa shape index (κ1) is 9.71. The minimum atomic E-state index is 0.849. The Balaban J connectivity index is 1.53. The van der Waals surface area contributed by atoms with Crippen LogP contribution in [0, 0.1) is 6.92 Å². The van der Waals surface area contributed by atoms with Crippen LogP contribution in [-0.4, -0.2) is 22.4 Å².